The number of anilines is 1. The molecule has 0 amide bonds. The van der Waals surface area contributed by atoms with Crippen LogP contribution in [-0.2, 0) is 6.42 Å². The summed E-state index contributed by atoms with van der Waals surface area (Å²) in [6.45, 7) is 11.9. The topological polar surface area (TPSA) is 51.0 Å². The van der Waals surface area contributed by atoms with Crippen LogP contribution in [0, 0.1) is 0 Å². The van der Waals surface area contributed by atoms with Crippen molar-refractivity contribution in [2.24, 2.45) is 0 Å². The number of rotatable bonds is 8. The van der Waals surface area contributed by atoms with E-state index in [2.05, 4.69) is 16.7 Å². The molecule has 1 fully saturated rings. The SMILES string of the molecule is CCOc1c(CCCN2CCN(CC)CC2)cc(N)cc1OC. The van der Waals surface area contributed by atoms with Gasteiger partial charge in [-0.05, 0) is 38.9 Å². The molecular formula is C18H31N3O2. The highest BCUT2D eigenvalue weighted by atomic mass is 16.5. The van der Waals surface area contributed by atoms with Gasteiger partial charge in [-0.3, -0.25) is 0 Å². The molecule has 0 bridgehead atoms. The summed E-state index contributed by atoms with van der Waals surface area (Å²) in [5.41, 5.74) is 7.88. The molecule has 5 heteroatoms. The number of nitrogens with zero attached hydrogens (tertiary/aromatic N) is 2. The van der Waals surface area contributed by atoms with Gasteiger partial charge >= 0.3 is 0 Å². The lowest BCUT2D eigenvalue weighted by molar-refractivity contribution is 0.136. The molecule has 2 N–H and O–H groups in total. The number of benzene rings is 1. The normalized spacial score (nSPS) is 16.5. The minimum Gasteiger partial charge on any atom is -0.493 e. The van der Waals surface area contributed by atoms with Crippen LogP contribution in [0.2, 0.25) is 0 Å². The largest absolute Gasteiger partial charge is 0.493 e. The van der Waals surface area contributed by atoms with Crippen LogP contribution in [0.25, 0.3) is 0 Å². The van der Waals surface area contributed by atoms with Crippen LogP contribution in [0.15, 0.2) is 12.1 Å². The number of hydrogen-bond donors (Lipinski definition) is 1. The van der Waals surface area contributed by atoms with Crippen molar-refractivity contribution < 1.29 is 9.47 Å². The van der Waals surface area contributed by atoms with Crippen molar-refractivity contribution >= 4 is 5.69 Å². The second-order valence-corrected chi connectivity index (χ2v) is 6.02. The van der Waals surface area contributed by atoms with Gasteiger partial charge in [0.2, 0.25) is 0 Å². The fraction of sp³-hybridized carbons (Fsp3) is 0.667. The van der Waals surface area contributed by atoms with E-state index >= 15 is 0 Å². The smallest absolute Gasteiger partial charge is 0.164 e. The van der Waals surface area contributed by atoms with Crippen molar-refractivity contribution in [1.82, 2.24) is 9.80 Å². The molecular weight excluding hydrogens is 290 g/mol. The zero-order valence-corrected chi connectivity index (χ0v) is 14.8. The van der Waals surface area contributed by atoms with E-state index in [-0.39, 0.29) is 0 Å². The number of piperazine rings is 1. The predicted molar refractivity (Wildman–Crippen MR) is 95.5 cm³/mol. The molecule has 0 aromatic heterocycles. The first-order valence-corrected chi connectivity index (χ1v) is 8.71. The van der Waals surface area contributed by atoms with E-state index in [9.17, 15) is 0 Å². The highest BCUT2D eigenvalue weighted by Crippen LogP contribution is 2.34. The highest BCUT2D eigenvalue weighted by Gasteiger charge is 2.16. The Kier molecular flexibility index (Phi) is 6.99. The monoisotopic (exact) mass is 321 g/mol. The van der Waals surface area contributed by atoms with E-state index < -0.39 is 0 Å². The van der Waals surface area contributed by atoms with Crippen LogP contribution >= 0.6 is 0 Å². The molecule has 130 valence electrons. The van der Waals surface area contributed by atoms with E-state index in [1.807, 2.05) is 19.1 Å². The van der Waals surface area contributed by atoms with E-state index in [0.717, 1.165) is 48.7 Å². The standard InChI is InChI=1S/C18H31N3O2/c1-4-20-9-11-21(12-10-20)8-6-7-15-13-16(19)14-17(22-3)18(15)23-5-2/h13-14H,4-12,19H2,1-3H3. The van der Waals surface area contributed by atoms with Gasteiger partial charge in [0.25, 0.3) is 0 Å². The summed E-state index contributed by atoms with van der Waals surface area (Å²) in [6, 6.07) is 3.85. The third-order valence-electron chi connectivity index (χ3n) is 4.50. The lowest BCUT2D eigenvalue weighted by Crippen LogP contribution is -2.46. The van der Waals surface area contributed by atoms with Gasteiger partial charge in [0.05, 0.1) is 13.7 Å². The predicted octanol–water partition coefficient (Wildman–Crippen LogP) is 2.25. The van der Waals surface area contributed by atoms with Crippen molar-refractivity contribution in [3.63, 3.8) is 0 Å². The maximum absolute atomic E-state index is 5.99. The summed E-state index contributed by atoms with van der Waals surface area (Å²) in [4.78, 5) is 5.06. The Labute approximate surface area is 140 Å². The van der Waals surface area contributed by atoms with Crippen molar-refractivity contribution in [2.45, 2.75) is 26.7 Å². The number of nitrogen functional groups attached to an aromatic ring is 1. The van der Waals surface area contributed by atoms with E-state index in [1.54, 1.807) is 7.11 Å². The maximum Gasteiger partial charge on any atom is 0.164 e. The van der Waals surface area contributed by atoms with Gasteiger partial charge in [0, 0.05) is 43.5 Å². The molecule has 23 heavy (non-hydrogen) atoms. The molecule has 5 nitrogen and oxygen atoms in total. The third kappa shape index (κ3) is 5.01. The van der Waals surface area contributed by atoms with Crippen molar-refractivity contribution in [3.05, 3.63) is 17.7 Å². The molecule has 0 aliphatic carbocycles. The average Bonchev–Trinajstić information content (AvgIpc) is 2.57. The zero-order valence-electron chi connectivity index (χ0n) is 14.8. The molecule has 1 aliphatic rings. The number of aryl methyl sites for hydroxylation is 1. The van der Waals surface area contributed by atoms with Gasteiger partial charge in [-0.2, -0.15) is 0 Å². The Morgan fingerprint density at radius 1 is 1.09 bits per heavy atom. The maximum atomic E-state index is 5.99. The number of nitrogens with two attached hydrogens (primary N) is 1. The van der Waals surface area contributed by atoms with Crippen LogP contribution < -0.4 is 15.2 Å². The van der Waals surface area contributed by atoms with Gasteiger partial charge in [0.1, 0.15) is 0 Å². The number of ether oxygens (including phenoxy) is 2. The van der Waals surface area contributed by atoms with Gasteiger partial charge in [-0.1, -0.05) is 6.92 Å². The lowest BCUT2D eigenvalue weighted by atomic mass is 10.1. The minimum absolute atomic E-state index is 0.631. The zero-order chi connectivity index (χ0) is 16.7. The Hall–Kier alpha value is -1.46. The van der Waals surface area contributed by atoms with Crippen molar-refractivity contribution in [1.29, 1.82) is 0 Å². The Balaban J connectivity index is 1.91. The number of hydrogen-bond acceptors (Lipinski definition) is 5. The van der Waals surface area contributed by atoms with Crippen molar-refractivity contribution in [2.75, 3.05) is 58.7 Å². The fourth-order valence-corrected chi connectivity index (χ4v) is 3.15. The molecule has 0 spiro atoms. The first kappa shape index (κ1) is 17.9. The van der Waals surface area contributed by atoms with Gasteiger partial charge < -0.3 is 25.0 Å². The van der Waals surface area contributed by atoms with Crippen LogP contribution in [0.4, 0.5) is 5.69 Å². The summed E-state index contributed by atoms with van der Waals surface area (Å²) in [5.74, 6) is 1.58. The van der Waals surface area contributed by atoms with E-state index in [4.69, 9.17) is 15.2 Å². The molecule has 1 aliphatic heterocycles. The molecule has 0 unspecified atom stereocenters. The Morgan fingerprint density at radius 2 is 1.78 bits per heavy atom. The molecule has 1 heterocycles. The second kappa shape index (κ2) is 8.99. The molecule has 0 saturated carbocycles. The molecule has 2 rings (SSSR count). The highest BCUT2D eigenvalue weighted by molar-refractivity contribution is 5.57. The van der Waals surface area contributed by atoms with Crippen LogP contribution in [0.5, 0.6) is 11.5 Å². The summed E-state index contributed by atoms with van der Waals surface area (Å²) in [6.07, 6.45) is 2.07. The Morgan fingerprint density at radius 3 is 2.39 bits per heavy atom. The lowest BCUT2D eigenvalue weighted by Gasteiger charge is -2.34. The quantitative estimate of drug-likeness (QED) is 0.744. The summed E-state index contributed by atoms with van der Waals surface area (Å²) in [5, 5.41) is 0. The van der Waals surface area contributed by atoms with E-state index in [0.29, 0.717) is 6.61 Å². The van der Waals surface area contributed by atoms with Gasteiger partial charge in [-0.25, -0.2) is 0 Å². The fourth-order valence-electron chi connectivity index (χ4n) is 3.15. The third-order valence-corrected chi connectivity index (χ3v) is 4.50. The molecule has 0 radical (unpaired) electrons. The van der Waals surface area contributed by atoms with Crippen LogP contribution in [0.3, 0.4) is 0 Å². The van der Waals surface area contributed by atoms with E-state index in [1.165, 1.54) is 26.2 Å². The van der Waals surface area contributed by atoms with Crippen molar-refractivity contribution in [3.8, 4) is 11.5 Å². The van der Waals surface area contributed by atoms with Gasteiger partial charge in [-0.15, -0.1) is 0 Å². The molecule has 1 aromatic rings. The summed E-state index contributed by atoms with van der Waals surface area (Å²) in [7, 11) is 1.66. The number of likely N-dealkylation sites (N-methyl/N-ethyl adjacent to an activating group) is 1. The minimum atomic E-state index is 0.631. The summed E-state index contributed by atoms with van der Waals surface area (Å²) >= 11 is 0. The molecule has 1 saturated heterocycles. The summed E-state index contributed by atoms with van der Waals surface area (Å²) < 4.78 is 11.2. The Bertz CT molecular complexity index is 485. The first-order valence-electron chi connectivity index (χ1n) is 8.71. The first-order chi connectivity index (χ1) is 11.2. The van der Waals surface area contributed by atoms with Gasteiger partial charge in [0.15, 0.2) is 11.5 Å². The second-order valence-electron chi connectivity index (χ2n) is 6.02. The number of methoxy groups -OCH3 is 1. The average molecular weight is 321 g/mol. The van der Waals surface area contributed by atoms with Crippen LogP contribution in [-0.4, -0.2) is 62.8 Å². The molecule has 0 atom stereocenters. The molecule has 1 aromatic carbocycles. The van der Waals surface area contributed by atoms with Crippen LogP contribution in [0.1, 0.15) is 25.8 Å².